The topological polar surface area (TPSA) is 49.7 Å². The van der Waals surface area contributed by atoms with Crippen molar-refractivity contribution in [3.63, 3.8) is 0 Å². The van der Waals surface area contributed by atoms with Gasteiger partial charge in [0.1, 0.15) is 11.9 Å². The summed E-state index contributed by atoms with van der Waals surface area (Å²) in [6, 6.07) is 5.83. The Morgan fingerprint density at radius 3 is 2.87 bits per heavy atom. The number of ether oxygens (including phenoxy) is 1. The van der Waals surface area contributed by atoms with E-state index in [1.807, 2.05) is 12.1 Å². The van der Waals surface area contributed by atoms with Crippen molar-refractivity contribution in [2.24, 2.45) is 17.3 Å². The SMILES string of the molecule is C#CO[C@]1(O)CC[C@H]2[C@H]3CCc4cc(O)ccc4[C@@H]3CC[C@@]21C. The van der Waals surface area contributed by atoms with E-state index in [-0.39, 0.29) is 5.41 Å². The number of terminal acetylenes is 1. The highest BCUT2D eigenvalue weighted by molar-refractivity contribution is 5.40. The minimum Gasteiger partial charge on any atom is -0.508 e. The molecular formula is C20H24O3. The van der Waals surface area contributed by atoms with Crippen LogP contribution >= 0.6 is 0 Å². The van der Waals surface area contributed by atoms with Crippen molar-refractivity contribution in [2.45, 2.75) is 57.2 Å². The van der Waals surface area contributed by atoms with Gasteiger partial charge in [0.15, 0.2) is 0 Å². The minimum absolute atomic E-state index is 0.255. The fourth-order valence-corrected chi connectivity index (χ4v) is 5.81. The van der Waals surface area contributed by atoms with Gasteiger partial charge < -0.3 is 14.9 Å². The second-order valence-electron chi connectivity index (χ2n) is 7.80. The molecule has 0 heterocycles. The van der Waals surface area contributed by atoms with Gasteiger partial charge in [-0.3, -0.25) is 0 Å². The van der Waals surface area contributed by atoms with Gasteiger partial charge in [-0.15, -0.1) is 0 Å². The maximum atomic E-state index is 11.0. The van der Waals surface area contributed by atoms with Crippen LogP contribution in [0.3, 0.4) is 0 Å². The Kier molecular flexibility index (Phi) is 3.19. The standard InChI is InChI=1S/C20H24O3/c1-3-23-20(22)11-9-18-17-6-4-13-12-14(21)5-7-15(13)16(17)8-10-19(18,20)2/h1,5,7,12,16-18,21-22H,4,6,8-11H2,2H3/t16-,17-,18-,19-,20+/m0/s1. The van der Waals surface area contributed by atoms with Crippen molar-refractivity contribution in [1.29, 1.82) is 0 Å². The van der Waals surface area contributed by atoms with Crippen LogP contribution in [0.2, 0.25) is 0 Å². The molecule has 0 amide bonds. The molecule has 4 rings (SSSR count). The summed E-state index contributed by atoms with van der Waals surface area (Å²) in [7, 11) is 0. The maximum absolute atomic E-state index is 11.0. The van der Waals surface area contributed by atoms with E-state index in [4.69, 9.17) is 11.2 Å². The summed E-state index contributed by atoms with van der Waals surface area (Å²) in [4.78, 5) is 0. The summed E-state index contributed by atoms with van der Waals surface area (Å²) in [5, 5.41) is 20.7. The number of benzene rings is 1. The molecule has 2 fully saturated rings. The Bertz CT molecular complexity index is 676. The number of aryl methyl sites for hydroxylation is 1. The molecule has 0 unspecified atom stereocenters. The Balaban J connectivity index is 1.69. The van der Waals surface area contributed by atoms with Gasteiger partial charge >= 0.3 is 0 Å². The zero-order valence-corrected chi connectivity index (χ0v) is 13.6. The molecule has 3 nitrogen and oxygen atoms in total. The number of phenols is 1. The average molecular weight is 312 g/mol. The third-order valence-electron chi connectivity index (χ3n) is 7.01. The predicted molar refractivity (Wildman–Crippen MR) is 87.6 cm³/mol. The number of hydrogen-bond donors (Lipinski definition) is 2. The second-order valence-corrected chi connectivity index (χ2v) is 7.80. The molecule has 23 heavy (non-hydrogen) atoms. The zero-order valence-electron chi connectivity index (χ0n) is 13.6. The normalized spacial score (nSPS) is 41.3. The van der Waals surface area contributed by atoms with Gasteiger partial charge in [0.05, 0.1) is 0 Å². The molecule has 3 heteroatoms. The fourth-order valence-electron chi connectivity index (χ4n) is 5.81. The zero-order chi connectivity index (χ0) is 16.2. The molecule has 5 atom stereocenters. The van der Waals surface area contributed by atoms with Gasteiger partial charge in [0, 0.05) is 11.8 Å². The summed E-state index contributed by atoms with van der Waals surface area (Å²) in [5.74, 6) is 0.737. The predicted octanol–water partition coefficient (Wildman–Crippen LogP) is 3.54. The van der Waals surface area contributed by atoms with Gasteiger partial charge in [-0.1, -0.05) is 19.4 Å². The van der Waals surface area contributed by atoms with Crippen molar-refractivity contribution in [2.75, 3.05) is 0 Å². The summed E-state index contributed by atoms with van der Waals surface area (Å²) >= 11 is 0. The molecule has 0 aliphatic heterocycles. The molecule has 2 saturated carbocycles. The smallest absolute Gasteiger partial charge is 0.224 e. The highest BCUT2D eigenvalue weighted by Crippen LogP contribution is 2.64. The highest BCUT2D eigenvalue weighted by Gasteiger charge is 2.63. The Labute approximate surface area is 137 Å². The van der Waals surface area contributed by atoms with E-state index < -0.39 is 5.79 Å². The third kappa shape index (κ3) is 1.94. The lowest BCUT2D eigenvalue weighted by Gasteiger charge is -2.52. The maximum Gasteiger partial charge on any atom is 0.224 e. The number of rotatable bonds is 1. The Hall–Kier alpha value is -1.66. The molecule has 0 radical (unpaired) electrons. The van der Waals surface area contributed by atoms with Crippen molar-refractivity contribution >= 4 is 0 Å². The van der Waals surface area contributed by atoms with Crippen LogP contribution in [0, 0.1) is 29.8 Å². The number of aliphatic hydroxyl groups is 1. The second kappa shape index (κ2) is 4.92. The van der Waals surface area contributed by atoms with Crippen LogP contribution in [0.5, 0.6) is 5.75 Å². The largest absolute Gasteiger partial charge is 0.508 e. The van der Waals surface area contributed by atoms with E-state index >= 15 is 0 Å². The van der Waals surface area contributed by atoms with Crippen LogP contribution in [-0.4, -0.2) is 16.0 Å². The number of hydrogen-bond acceptors (Lipinski definition) is 3. The van der Waals surface area contributed by atoms with Gasteiger partial charge in [0.2, 0.25) is 5.79 Å². The first-order chi connectivity index (χ1) is 11.0. The molecule has 0 saturated heterocycles. The molecule has 3 aliphatic carbocycles. The molecule has 1 aromatic rings. The molecule has 3 aliphatic rings. The van der Waals surface area contributed by atoms with E-state index in [0.717, 1.165) is 32.1 Å². The minimum atomic E-state index is -1.17. The summed E-state index contributed by atoms with van der Waals surface area (Å²) in [6.45, 7) is 2.16. The molecule has 0 aromatic heterocycles. The van der Waals surface area contributed by atoms with Gasteiger partial charge in [0.25, 0.3) is 0 Å². The van der Waals surface area contributed by atoms with E-state index in [0.29, 0.717) is 29.9 Å². The van der Waals surface area contributed by atoms with E-state index in [2.05, 4.69) is 19.1 Å². The fraction of sp³-hybridized carbons (Fsp3) is 0.600. The van der Waals surface area contributed by atoms with Crippen LogP contribution in [0.25, 0.3) is 0 Å². The molecule has 1 aromatic carbocycles. The lowest BCUT2D eigenvalue weighted by molar-refractivity contribution is -0.238. The van der Waals surface area contributed by atoms with Crippen LogP contribution in [0.15, 0.2) is 18.2 Å². The van der Waals surface area contributed by atoms with Crippen molar-refractivity contribution in [3.05, 3.63) is 29.3 Å². The molecular weight excluding hydrogens is 288 g/mol. The van der Waals surface area contributed by atoms with Crippen molar-refractivity contribution < 1.29 is 14.9 Å². The summed E-state index contributed by atoms with van der Waals surface area (Å²) in [6.07, 6.45) is 13.3. The first-order valence-electron chi connectivity index (χ1n) is 8.66. The summed E-state index contributed by atoms with van der Waals surface area (Å²) in [5.41, 5.74) is 2.44. The third-order valence-corrected chi connectivity index (χ3v) is 7.01. The van der Waals surface area contributed by atoms with Gasteiger partial charge in [-0.25, -0.2) is 0 Å². The average Bonchev–Trinajstić information content (AvgIpc) is 2.79. The number of fused-ring (bicyclic) bond motifs is 5. The van der Waals surface area contributed by atoms with Crippen LogP contribution < -0.4 is 0 Å². The van der Waals surface area contributed by atoms with Crippen LogP contribution in [0.4, 0.5) is 0 Å². The monoisotopic (exact) mass is 312 g/mol. The van der Waals surface area contributed by atoms with Crippen molar-refractivity contribution in [3.8, 4) is 18.3 Å². The first-order valence-corrected chi connectivity index (χ1v) is 8.66. The highest BCUT2D eigenvalue weighted by atomic mass is 16.6. The first kappa shape index (κ1) is 14.9. The molecule has 0 bridgehead atoms. The number of phenolic OH excluding ortho intramolecular Hbond substituents is 1. The molecule has 0 spiro atoms. The van der Waals surface area contributed by atoms with Crippen LogP contribution in [-0.2, 0) is 11.2 Å². The summed E-state index contributed by atoms with van der Waals surface area (Å²) < 4.78 is 5.38. The molecule has 2 N–H and O–H groups in total. The van der Waals surface area contributed by atoms with Gasteiger partial charge in [-0.05, 0) is 73.1 Å². The van der Waals surface area contributed by atoms with E-state index in [1.165, 1.54) is 11.1 Å². The van der Waals surface area contributed by atoms with Crippen molar-refractivity contribution in [1.82, 2.24) is 0 Å². The quantitative estimate of drug-likeness (QED) is 0.616. The lowest BCUT2D eigenvalue weighted by atomic mass is 9.55. The van der Waals surface area contributed by atoms with E-state index in [1.54, 1.807) is 0 Å². The lowest BCUT2D eigenvalue weighted by Crippen LogP contribution is -2.51. The van der Waals surface area contributed by atoms with E-state index in [9.17, 15) is 10.2 Å². The Morgan fingerprint density at radius 1 is 1.26 bits per heavy atom. The van der Waals surface area contributed by atoms with Crippen LogP contribution in [0.1, 0.15) is 56.1 Å². The van der Waals surface area contributed by atoms with Gasteiger partial charge in [-0.2, -0.15) is 0 Å². The number of aromatic hydroxyl groups is 1. The Morgan fingerprint density at radius 2 is 2.09 bits per heavy atom. The molecule has 122 valence electrons.